The molecule has 0 radical (unpaired) electrons. The van der Waals surface area contributed by atoms with Gasteiger partial charge in [0.05, 0.1) is 24.8 Å². The lowest BCUT2D eigenvalue weighted by Gasteiger charge is -2.48. The fourth-order valence-electron chi connectivity index (χ4n) is 4.91. The summed E-state index contributed by atoms with van der Waals surface area (Å²) < 4.78 is 39.2. The summed E-state index contributed by atoms with van der Waals surface area (Å²) in [6.45, 7) is 0.574. The first kappa shape index (κ1) is 32.6. The molecule has 15 N–H and O–H groups in total. The van der Waals surface area contributed by atoms with Crippen molar-refractivity contribution in [1.82, 2.24) is 5.32 Å². The molecule has 0 bridgehead atoms. The molecule has 228 valence electrons. The molecular weight excluding hydrogens is 549 g/mol. The second-order valence-corrected chi connectivity index (χ2v) is 11.2. The summed E-state index contributed by atoms with van der Waals surface area (Å²) in [5, 5.41) is 43.8. The molecule has 1 amide bonds. The number of nitrogens with one attached hydrogen (secondary N) is 1. The van der Waals surface area contributed by atoms with Crippen molar-refractivity contribution in [3.63, 3.8) is 0 Å². The molecular formula is C20H40N5O13P. The van der Waals surface area contributed by atoms with Crippen LogP contribution in [-0.2, 0) is 32.8 Å². The zero-order chi connectivity index (χ0) is 29.2. The molecule has 1 saturated carbocycles. The summed E-state index contributed by atoms with van der Waals surface area (Å²) in [4.78, 5) is 29.9. The van der Waals surface area contributed by atoms with Gasteiger partial charge in [0.25, 0.3) is 0 Å². The number of rotatable bonds is 9. The topological polar surface area (TPSA) is 318 Å². The average Bonchev–Trinajstić information content (AvgIpc) is 2.83. The maximum absolute atomic E-state index is 11.5. The molecule has 2 saturated heterocycles. The number of phosphoric acid groups is 1. The second kappa shape index (κ2) is 13.4. The molecule has 1 aliphatic carbocycles. The summed E-state index contributed by atoms with van der Waals surface area (Å²) in [6.07, 6.45) is -13.2. The normalized spacial score (nSPS) is 45.6. The molecule has 0 aromatic carbocycles. The zero-order valence-electron chi connectivity index (χ0n) is 21.2. The molecule has 14 atom stereocenters. The highest BCUT2D eigenvalue weighted by atomic mass is 31.2. The summed E-state index contributed by atoms with van der Waals surface area (Å²) in [5.41, 5.74) is 24.4. The van der Waals surface area contributed by atoms with Gasteiger partial charge in [0.1, 0.15) is 42.7 Å². The van der Waals surface area contributed by atoms with E-state index in [4.69, 9.17) is 46.4 Å². The Hall–Kier alpha value is -0.900. The molecule has 0 spiro atoms. The number of aliphatic hydroxyl groups excluding tert-OH is 4. The van der Waals surface area contributed by atoms with Crippen LogP contribution in [0.3, 0.4) is 0 Å². The van der Waals surface area contributed by atoms with Crippen molar-refractivity contribution in [3.05, 3.63) is 0 Å². The number of nitrogens with two attached hydrogens (primary N) is 4. The van der Waals surface area contributed by atoms with Crippen LogP contribution in [0.25, 0.3) is 0 Å². The van der Waals surface area contributed by atoms with Gasteiger partial charge in [0.2, 0.25) is 5.91 Å². The SMILES string of the molecule is CC(=O)NC[C@H]1O[C@H](O[C@H]2[C@H](O)[C@@H](O[C@H]3O[C@H](CO)[C@@H](O)[C@H](N)[C@H]3OP(=O)(O)O)[C@H](N)C[C@@H]2N)[C@H](N)C[C@@H]1O. The molecule has 0 aromatic heterocycles. The fraction of sp³-hybridized carbons (Fsp3) is 0.950. The van der Waals surface area contributed by atoms with Crippen LogP contribution >= 0.6 is 7.82 Å². The van der Waals surface area contributed by atoms with Crippen molar-refractivity contribution in [2.45, 2.75) is 105 Å². The number of carbonyl (C=O) groups excluding carboxylic acids is 1. The van der Waals surface area contributed by atoms with Crippen molar-refractivity contribution >= 4 is 13.7 Å². The third-order valence-electron chi connectivity index (χ3n) is 6.97. The van der Waals surface area contributed by atoms with Gasteiger partial charge in [0, 0.05) is 25.6 Å². The highest BCUT2D eigenvalue weighted by molar-refractivity contribution is 7.46. The molecule has 0 unspecified atom stereocenters. The van der Waals surface area contributed by atoms with Gasteiger partial charge in [-0.05, 0) is 12.8 Å². The van der Waals surface area contributed by atoms with E-state index >= 15 is 0 Å². The predicted molar refractivity (Wildman–Crippen MR) is 129 cm³/mol. The minimum absolute atomic E-state index is 0.0168. The van der Waals surface area contributed by atoms with E-state index in [-0.39, 0.29) is 25.3 Å². The molecule has 39 heavy (non-hydrogen) atoms. The lowest BCUT2D eigenvalue weighted by Crippen LogP contribution is -2.68. The minimum atomic E-state index is -5.15. The van der Waals surface area contributed by atoms with Crippen molar-refractivity contribution in [1.29, 1.82) is 0 Å². The molecule has 2 heterocycles. The van der Waals surface area contributed by atoms with Crippen molar-refractivity contribution in [2.24, 2.45) is 22.9 Å². The summed E-state index contributed by atoms with van der Waals surface area (Å²) in [5.74, 6) is -0.335. The van der Waals surface area contributed by atoms with E-state index in [1.807, 2.05) is 0 Å². The van der Waals surface area contributed by atoms with Crippen LogP contribution in [0.1, 0.15) is 19.8 Å². The number of ether oxygens (including phenoxy) is 4. The van der Waals surface area contributed by atoms with Gasteiger partial charge < -0.3 is 77.4 Å². The quantitative estimate of drug-likeness (QED) is 0.111. The minimum Gasteiger partial charge on any atom is -0.394 e. The first-order valence-corrected chi connectivity index (χ1v) is 13.9. The standard InChI is InChI=1S/C20H40N5O13P/c1-6(27)25-4-11-10(28)3-9(23)19(34-11)36-16-7(21)2-8(22)17(15(16)30)37-20-18(38-39(31,32)33)13(24)14(29)12(5-26)35-20/h7-20,26,28-30H,2-5,21-24H2,1H3,(H,25,27)(H2,31,32,33)/t7-,8+,9+,10-,11+,12+,13-,14+,15-,16+,17-,18+,19+,20+/m0/s1. The van der Waals surface area contributed by atoms with Crippen molar-refractivity contribution in [3.8, 4) is 0 Å². The van der Waals surface area contributed by atoms with Gasteiger partial charge in [-0.2, -0.15) is 0 Å². The van der Waals surface area contributed by atoms with E-state index in [0.29, 0.717) is 0 Å². The van der Waals surface area contributed by atoms with Gasteiger partial charge in [-0.3, -0.25) is 9.32 Å². The summed E-state index contributed by atoms with van der Waals surface area (Å²) in [7, 11) is -5.15. The number of hydrogen-bond acceptors (Lipinski definition) is 15. The maximum atomic E-state index is 11.5. The van der Waals surface area contributed by atoms with Crippen molar-refractivity contribution < 1.29 is 63.0 Å². The Morgan fingerprint density at radius 1 is 0.897 bits per heavy atom. The summed E-state index contributed by atoms with van der Waals surface area (Å²) >= 11 is 0. The zero-order valence-corrected chi connectivity index (χ0v) is 22.1. The number of phosphoric ester groups is 1. The molecule has 0 aromatic rings. The van der Waals surface area contributed by atoms with Gasteiger partial charge in [-0.15, -0.1) is 0 Å². The van der Waals surface area contributed by atoms with Crippen LogP contribution in [0.2, 0.25) is 0 Å². The van der Waals surface area contributed by atoms with Crippen LogP contribution in [0, 0.1) is 0 Å². The highest BCUT2D eigenvalue weighted by Gasteiger charge is 2.52. The molecule has 19 heteroatoms. The van der Waals surface area contributed by atoms with Crippen LogP contribution in [0.5, 0.6) is 0 Å². The van der Waals surface area contributed by atoms with Crippen LogP contribution in [0.15, 0.2) is 0 Å². The van der Waals surface area contributed by atoms with E-state index in [9.17, 15) is 39.6 Å². The highest BCUT2D eigenvalue weighted by Crippen LogP contribution is 2.42. The van der Waals surface area contributed by atoms with Crippen molar-refractivity contribution in [2.75, 3.05) is 13.2 Å². The first-order valence-electron chi connectivity index (χ1n) is 12.4. The lowest BCUT2D eigenvalue weighted by atomic mass is 9.84. The Morgan fingerprint density at radius 2 is 1.46 bits per heavy atom. The van der Waals surface area contributed by atoms with E-state index in [2.05, 4.69) is 5.32 Å². The predicted octanol–water partition coefficient (Wildman–Crippen LogP) is -6.00. The van der Waals surface area contributed by atoms with Crippen LogP contribution in [0.4, 0.5) is 0 Å². The van der Waals surface area contributed by atoms with Gasteiger partial charge in [0.15, 0.2) is 12.6 Å². The molecule has 3 rings (SSSR count). The Bertz CT molecular complexity index is 872. The van der Waals surface area contributed by atoms with Gasteiger partial charge in [-0.1, -0.05) is 0 Å². The number of hydrogen-bond donors (Lipinski definition) is 11. The van der Waals surface area contributed by atoms with E-state index < -0.39 is 100 Å². The maximum Gasteiger partial charge on any atom is 0.470 e. The lowest BCUT2D eigenvalue weighted by molar-refractivity contribution is -0.312. The Morgan fingerprint density at radius 3 is 2.00 bits per heavy atom. The van der Waals surface area contributed by atoms with E-state index in [1.54, 1.807) is 0 Å². The van der Waals surface area contributed by atoms with Crippen LogP contribution < -0.4 is 28.3 Å². The first-order chi connectivity index (χ1) is 18.1. The summed E-state index contributed by atoms with van der Waals surface area (Å²) in [6, 6.07) is -4.05. The third kappa shape index (κ3) is 8.10. The largest absolute Gasteiger partial charge is 0.470 e. The third-order valence-corrected chi connectivity index (χ3v) is 7.49. The molecule has 2 aliphatic heterocycles. The Labute approximate surface area is 224 Å². The smallest absolute Gasteiger partial charge is 0.394 e. The second-order valence-electron chi connectivity index (χ2n) is 10.1. The Balaban J connectivity index is 1.76. The van der Waals surface area contributed by atoms with E-state index in [1.165, 1.54) is 6.92 Å². The molecule has 18 nitrogen and oxygen atoms in total. The van der Waals surface area contributed by atoms with E-state index in [0.717, 1.165) is 0 Å². The monoisotopic (exact) mass is 589 g/mol. The fourth-order valence-corrected chi connectivity index (χ4v) is 5.47. The van der Waals surface area contributed by atoms with Crippen LogP contribution in [-0.4, -0.2) is 135 Å². The van der Waals surface area contributed by atoms with Gasteiger partial charge in [-0.25, -0.2) is 4.57 Å². The number of carbonyl (C=O) groups is 1. The van der Waals surface area contributed by atoms with Gasteiger partial charge >= 0.3 is 7.82 Å². The molecule has 3 aliphatic rings. The number of aliphatic hydroxyl groups is 4. The average molecular weight is 590 g/mol. The Kier molecular flexibility index (Phi) is 11.2. The molecule has 3 fully saturated rings. The number of amides is 1.